The summed E-state index contributed by atoms with van der Waals surface area (Å²) in [5, 5.41) is 2.81. The number of nitrogens with one attached hydrogen (secondary N) is 1. The van der Waals surface area contributed by atoms with Crippen molar-refractivity contribution in [2.45, 2.75) is 39.0 Å². The number of carbonyl (C=O) groups is 1. The first-order valence-corrected chi connectivity index (χ1v) is 9.72. The molecule has 0 aromatic carbocycles. The molecule has 0 aromatic rings. The van der Waals surface area contributed by atoms with Gasteiger partial charge in [0.2, 0.25) is 5.91 Å². The van der Waals surface area contributed by atoms with Crippen molar-refractivity contribution in [1.29, 1.82) is 0 Å². The second-order valence-corrected chi connectivity index (χ2v) is 8.68. The molecule has 0 radical (unpaired) electrons. The highest BCUT2D eigenvalue weighted by molar-refractivity contribution is 7.91. The molecule has 0 saturated heterocycles. The lowest BCUT2D eigenvalue weighted by Gasteiger charge is -2.17. The van der Waals surface area contributed by atoms with Crippen molar-refractivity contribution in [1.82, 2.24) is 10.2 Å². The molecule has 0 aliphatic rings. The molecular weight excluding hydrogens is 320 g/mol. The maximum absolute atomic E-state index is 11.8. The molecule has 0 rings (SSSR count). The zero-order chi connectivity index (χ0) is 17.9. The van der Waals surface area contributed by atoms with Gasteiger partial charge in [-0.1, -0.05) is 13.8 Å². The van der Waals surface area contributed by atoms with E-state index in [1.54, 1.807) is 20.9 Å². The molecule has 0 fully saturated rings. The van der Waals surface area contributed by atoms with Crippen LogP contribution in [-0.2, 0) is 24.1 Å². The topological polar surface area (TPSA) is 84.9 Å². The van der Waals surface area contributed by atoms with Crippen LogP contribution in [0.5, 0.6) is 0 Å². The summed E-state index contributed by atoms with van der Waals surface area (Å²) in [6.45, 7) is 9.51. The Labute approximate surface area is 140 Å². The first-order valence-electron chi connectivity index (χ1n) is 8.01. The third kappa shape index (κ3) is 11.5. The van der Waals surface area contributed by atoms with E-state index < -0.39 is 15.1 Å². The van der Waals surface area contributed by atoms with Crippen LogP contribution >= 0.6 is 0 Å². The Morgan fingerprint density at radius 2 is 1.74 bits per heavy atom. The summed E-state index contributed by atoms with van der Waals surface area (Å²) in [6.07, 6.45) is 0. The van der Waals surface area contributed by atoms with E-state index >= 15 is 0 Å². The van der Waals surface area contributed by atoms with E-state index in [1.165, 1.54) is 4.90 Å². The molecule has 1 amide bonds. The van der Waals surface area contributed by atoms with Gasteiger partial charge < -0.3 is 19.7 Å². The summed E-state index contributed by atoms with van der Waals surface area (Å²) in [7, 11) is -1.40. The molecule has 0 aliphatic carbocycles. The first kappa shape index (κ1) is 22.3. The minimum atomic E-state index is -3.07. The fraction of sp³-hybridized carbons (Fsp3) is 0.933. The van der Waals surface area contributed by atoms with Gasteiger partial charge in [0.05, 0.1) is 30.8 Å². The molecule has 8 heteroatoms. The molecule has 7 nitrogen and oxygen atoms in total. The van der Waals surface area contributed by atoms with Gasteiger partial charge in [-0.3, -0.25) is 4.79 Å². The summed E-state index contributed by atoms with van der Waals surface area (Å²) in [5.41, 5.74) is 0. The van der Waals surface area contributed by atoms with E-state index in [0.29, 0.717) is 32.3 Å². The highest BCUT2D eigenvalue weighted by atomic mass is 32.2. The second kappa shape index (κ2) is 11.8. The van der Waals surface area contributed by atoms with Crippen LogP contribution in [0.1, 0.15) is 27.7 Å². The number of likely N-dealkylation sites (N-methyl/N-ethyl adjacent to an activating group) is 1. The van der Waals surface area contributed by atoms with Crippen LogP contribution in [0.25, 0.3) is 0 Å². The lowest BCUT2D eigenvalue weighted by molar-refractivity contribution is -0.135. The Morgan fingerprint density at radius 3 is 2.30 bits per heavy atom. The number of sulfone groups is 1. The SMILES string of the molecule is CC(C)NCCOCC(=O)N(C)CCOCCS(=O)(=O)C(C)C. The Balaban J connectivity index is 3.69. The van der Waals surface area contributed by atoms with Crippen molar-refractivity contribution in [2.75, 3.05) is 52.3 Å². The molecule has 0 aliphatic heterocycles. The Bertz CT molecular complexity index is 424. The second-order valence-electron chi connectivity index (χ2n) is 6.00. The maximum Gasteiger partial charge on any atom is 0.248 e. The normalized spacial score (nSPS) is 12.1. The smallest absolute Gasteiger partial charge is 0.248 e. The zero-order valence-corrected chi connectivity index (χ0v) is 15.8. The predicted octanol–water partition coefficient (Wildman–Crippen LogP) is 0.299. The van der Waals surface area contributed by atoms with Gasteiger partial charge in [-0.25, -0.2) is 8.42 Å². The molecule has 0 heterocycles. The van der Waals surface area contributed by atoms with Crippen molar-refractivity contribution < 1.29 is 22.7 Å². The van der Waals surface area contributed by atoms with Crippen LogP contribution in [0.15, 0.2) is 0 Å². The average Bonchev–Trinajstić information content (AvgIpc) is 2.45. The molecule has 0 spiro atoms. The van der Waals surface area contributed by atoms with Gasteiger partial charge in [-0.05, 0) is 13.8 Å². The van der Waals surface area contributed by atoms with Crippen LogP contribution < -0.4 is 5.32 Å². The standard InChI is InChI=1S/C15H32N2O5S/c1-13(2)16-6-8-22-12-15(18)17(5)7-9-21-10-11-23(19,20)14(3)4/h13-14,16H,6-12H2,1-5H3. The maximum atomic E-state index is 11.8. The quantitative estimate of drug-likeness (QED) is 0.480. The number of carbonyl (C=O) groups excluding carboxylic acids is 1. The summed E-state index contributed by atoms with van der Waals surface area (Å²) in [4.78, 5) is 13.3. The summed E-state index contributed by atoms with van der Waals surface area (Å²) >= 11 is 0. The molecule has 23 heavy (non-hydrogen) atoms. The van der Waals surface area contributed by atoms with Crippen molar-refractivity contribution in [3.8, 4) is 0 Å². The lowest BCUT2D eigenvalue weighted by Crippen LogP contribution is -2.34. The monoisotopic (exact) mass is 352 g/mol. The van der Waals surface area contributed by atoms with Crippen molar-refractivity contribution >= 4 is 15.7 Å². The van der Waals surface area contributed by atoms with Gasteiger partial charge in [0.25, 0.3) is 0 Å². The Kier molecular flexibility index (Phi) is 11.4. The van der Waals surface area contributed by atoms with Gasteiger partial charge in [0, 0.05) is 26.2 Å². The highest BCUT2D eigenvalue weighted by Gasteiger charge is 2.15. The van der Waals surface area contributed by atoms with E-state index in [4.69, 9.17) is 9.47 Å². The third-order valence-corrected chi connectivity index (χ3v) is 5.42. The van der Waals surface area contributed by atoms with E-state index in [0.717, 1.165) is 0 Å². The summed E-state index contributed by atoms with van der Waals surface area (Å²) in [5.74, 6) is -0.109. The van der Waals surface area contributed by atoms with E-state index in [9.17, 15) is 13.2 Å². The van der Waals surface area contributed by atoms with E-state index in [2.05, 4.69) is 5.32 Å². The number of amides is 1. The van der Waals surface area contributed by atoms with Crippen LogP contribution in [-0.4, -0.2) is 82.8 Å². The molecule has 138 valence electrons. The van der Waals surface area contributed by atoms with Gasteiger partial charge in [-0.2, -0.15) is 0 Å². The summed E-state index contributed by atoms with van der Waals surface area (Å²) in [6, 6.07) is 0.397. The highest BCUT2D eigenvalue weighted by Crippen LogP contribution is 2.00. The third-order valence-electron chi connectivity index (χ3n) is 3.25. The van der Waals surface area contributed by atoms with Crippen LogP contribution in [0.3, 0.4) is 0 Å². The number of ether oxygens (including phenoxy) is 2. The lowest BCUT2D eigenvalue weighted by atomic mass is 10.4. The minimum absolute atomic E-state index is 0.00822. The Morgan fingerprint density at radius 1 is 1.09 bits per heavy atom. The van der Waals surface area contributed by atoms with Crippen LogP contribution in [0.4, 0.5) is 0 Å². The average molecular weight is 352 g/mol. The van der Waals surface area contributed by atoms with Crippen molar-refractivity contribution in [3.63, 3.8) is 0 Å². The fourth-order valence-corrected chi connectivity index (χ4v) is 2.35. The van der Waals surface area contributed by atoms with Gasteiger partial charge in [-0.15, -0.1) is 0 Å². The summed E-state index contributed by atoms with van der Waals surface area (Å²) < 4.78 is 33.7. The molecule has 0 atom stereocenters. The van der Waals surface area contributed by atoms with Crippen LogP contribution in [0, 0.1) is 0 Å². The molecule has 1 N–H and O–H groups in total. The Hall–Kier alpha value is -0.700. The zero-order valence-electron chi connectivity index (χ0n) is 15.0. The number of nitrogens with zero attached hydrogens (tertiary/aromatic N) is 1. The number of rotatable bonds is 13. The molecule has 0 aromatic heterocycles. The predicted molar refractivity (Wildman–Crippen MR) is 91.3 cm³/mol. The largest absolute Gasteiger partial charge is 0.379 e. The van der Waals surface area contributed by atoms with Crippen LogP contribution in [0.2, 0.25) is 0 Å². The first-order chi connectivity index (χ1) is 10.7. The fourth-order valence-electron chi connectivity index (χ4n) is 1.53. The van der Waals surface area contributed by atoms with E-state index in [-0.39, 0.29) is 24.9 Å². The van der Waals surface area contributed by atoms with Crippen molar-refractivity contribution in [3.05, 3.63) is 0 Å². The van der Waals surface area contributed by atoms with Crippen molar-refractivity contribution in [2.24, 2.45) is 0 Å². The van der Waals surface area contributed by atoms with Gasteiger partial charge >= 0.3 is 0 Å². The molecule has 0 saturated carbocycles. The minimum Gasteiger partial charge on any atom is -0.379 e. The van der Waals surface area contributed by atoms with E-state index in [1.807, 2.05) is 13.8 Å². The number of hydrogen-bond donors (Lipinski definition) is 1. The van der Waals surface area contributed by atoms with Gasteiger partial charge in [0.15, 0.2) is 9.84 Å². The molecule has 0 bridgehead atoms. The number of hydrogen-bond acceptors (Lipinski definition) is 6. The molecule has 0 unspecified atom stereocenters. The molecular formula is C15H32N2O5S. The van der Waals surface area contributed by atoms with Gasteiger partial charge in [0.1, 0.15) is 6.61 Å².